The highest BCUT2D eigenvalue weighted by atomic mass is 16.3. The molecular weight excluding hydrogens is 364 g/mol. The highest BCUT2D eigenvalue weighted by Crippen LogP contribution is 2.58. The number of benzene rings is 2. The first-order valence-electron chi connectivity index (χ1n) is 8.11. The first kappa shape index (κ1) is 22.7. The summed E-state index contributed by atoms with van der Waals surface area (Å²) in [5, 5.41) is 41.5. The van der Waals surface area contributed by atoms with Crippen molar-refractivity contribution in [3.8, 4) is 45.3 Å². The van der Waals surface area contributed by atoms with Crippen molar-refractivity contribution in [1.82, 2.24) is 0 Å². The van der Waals surface area contributed by atoms with Crippen LogP contribution in [0.4, 0.5) is 11.4 Å². The van der Waals surface area contributed by atoms with Crippen molar-refractivity contribution in [3.05, 3.63) is 36.4 Å². The number of hydrogen-bond acceptors (Lipinski definition) is 8. The summed E-state index contributed by atoms with van der Waals surface area (Å²) in [6, 6.07) is 9.96. The molecule has 3 aromatic carbocycles. The second-order valence-corrected chi connectivity index (χ2v) is 6.64. The second kappa shape index (κ2) is 8.12. The lowest BCUT2D eigenvalue weighted by Gasteiger charge is -2.14. The Morgan fingerprint density at radius 2 is 1.25 bits per heavy atom. The van der Waals surface area contributed by atoms with Crippen LogP contribution in [0.2, 0.25) is 0 Å². The minimum atomic E-state index is -0.164. The molecule has 0 saturated carbocycles. The average molecular weight is 388 g/mol. The average Bonchev–Trinajstić information content (AvgIpc) is 2.58. The molecule has 0 radical (unpaired) electrons. The molecule has 0 heterocycles. The fourth-order valence-electron chi connectivity index (χ4n) is 2.94. The van der Waals surface area contributed by atoms with E-state index in [4.69, 9.17) is 0 Å². The lowest BCUT2D eigenvalue weighted by atomic mass is 9.88. The van der Waals surface area contributed by atoms with Crippen molar-refractivity contribution in [2.45, 2.75) is 0 Å². The van der Waals surface area contributed by atoms with E-state index >= 15 is 0 Å². The molecule has 0 unspecified atom stereocenters. The Kier molecular flexibility index (Phi) is 6.57. The molecule has 0 aliphatic heterocycles. The Morgan fingerprint density at radius 1 is 0.750 bits per heavy atom. The van der Waals surface area contributed by atoms with Crippen LogP contribution in [0.1, 0.15) is 0 Å². The van der Waals surface area contributed by atoms with E-state index in [0.717, 1.165) is 11.4 Å². The Balaban J connectivity index is 0.00000196. The topological polar surface area (TPSA) is 147 Å². The molecule has 0 fully saturated rings. The first-order valence-corrected chi connectivity index (χ1v) is 8.11. The van der Waals surface area contributed by atoms with Gasteiger partial charge in [-0.3, -0.25) is 0 Å². The number of phenols is 2. The van der Waals surface area contributed by atoms with Crippen LogP contribution < -0.4 is 9.80 Å². The van der Waals surface area contributed by atoms with Crippen molar-refractivity contribution >= 4 is 11.4 Å². The van der Waals surface area contributed by atoms with Gasteiger partial charge in [0.15, 0.2) is 11.3 Å². The summed E-state index contributed by atoms with van der Waals surface area (Å²) in [6.45, 7) is 0. The summed E-state index contributed by atoms with van der Waals surface area (Å²) in [7, 11) is 7.41. The summed E-state index contributed by atoms with van der Waals surface area (Å²) in [5.74, 6) is -0.419. The van der Waals surface area contributed by atoms with E-state index in [1.54, 1.807) is 36.4 Å². The van der Waals surface area contributed by atoms with E-state index < -0.39 is 0 Å². The number of anilines is 2. The van der Waals surface area contributed by atoms with Crippen LogP contribution in [0.25, 0.3) is 22.3 Å². The molecule has 8 heteroatoms. The first-order chi connectivity index (χ1) is 12.2. The third-order valence-corrected chi connectivity index (χ3v) is 4.48. The Morgan fingerprint density at radius 3 is 1.68 bits per heavy atom. The number of hydrogen-bond donors (Lipinski definition) is 4. The van der Waals surface area contributed by atoms with Gasteiger partial charge in [-0.1, -0.05) is 0 Å². The van der Waals surface area contributed by atoms with Crippen molar-refractivity contribution in [2.24, 2.45) is 0 Å². The Labute approximate surface area is 163 Å². The molecule has 8 nitrogen and oxygen atoms in total. The molecular formula is C20H24N2O6. The normalized spacial score (nSPS) is 10.1. The minimum absolute atomic E-state index is 0. The van der Waals surface area contributed by atoms with Gasteiger partial charge in [-0.05, 0) is 12.1 Å². The van der Waals surface area contributed by atoms with Crippen LogP contribution in [0.15, 0.2) is 36.4 Å². The van der Waals surface area contributed by atoms with Crippen molar-refractivity contribution < 1.29 is 31.4 Å². The maximum atomic E-state index is 10.5. The van der Waals surface area contributed by atoms with E-state index in [2.05, 4.69) is 0 Å². The summed E-state index contributed by atoms with van der Waals surface area (Å²) in [6.07, 6.45) is 0. The predicted molar refractivity (Wildman–Crippen MR) is 108 cm³/mol. The van der Waals surface area contributed by atoms with Gasteiger partial charge in [0, 0.05) is 58.1 Å². The lowest BCUT2D eigenvalue weighted by molar-refractivity contribution is 0.430. The lowest BCUT2D eigenvalue weighted by Crippen LogP contribution is -2.08. The van der Waals surface area contributed by atoms with Gasteiger partial charge in [0.25, 0.3) is 17.1 Å². The third kappa shape index (κ3) is 3.55. The second-order valence-electron chi connectivity index (χ2n) is 6.64. The van der Waals surface area contributed by atoms with E-state index in [1.807, 2.05) is 38.0 Å². The minimum Gasteiger partial charge on any atom is -0.870 e. The number of rotatable bonds is 4. The molecule has 0 aromatic heterocycles. The van der Waals surface area contributed by atoms with Crippen LogP contribution in [-0.2, 0) is 0 Å². The fraction of sp³-hybridized carbons (Fsp3) is 0.200. The molecule has 28 heavy (non-hydrogen) atoms. The Hall–Kier alpha value is -3.36. The van der Waals surface area contributed by atoms with Gasteiger partial charge < -0.3 is 41.2 Å². The monoisotopic (exact) mass is 388 g/mol. The van der Waals surface area contributed by atoms with Crippen molar-refractivity contribution in [1.29, 1.82) is 0 Å². The van der Waals surface area contributed by atoms with E-state index in [0.29, 0.717) is 11.1 Å². The smallest absolute Gasteiger partial charge is 0.290 e. The largest absolute Gasteiger partial charge is 0.870 e. The van der Waals surface area contributed by atoms with Gasteiger partial charge in [-0.2, -0.15) is 0 Å². The van der Waals surface area contributed by atoms with Gasteiger partial charge in [0.05, 0.1) is 5.69 Å². The summed E-state index contributed by atoms with van der Waals surface area (Å²) >= 11 is 0. The predicted octanol–water partition coefficient (Wildman–Crippen LogP) is 3.06. The van der Waals surface area contributed by atoms with Crippen molar-refractivity contribution in [3.63, 3.8) is 0 Å². The third-order valence-electron chi connectivity index (χ3n) is 4.48. The zero-order valence-corrected chi connectivity index (χ0v) is 16.0. The molecule has 3 aromatic rings. The zero-order valence-electron chi connectivity index (χ0n) is 16.0. The highest BCUT2D eigenvalue weighted by molar-refractivity contribution is 6.01. The quantitative estimate of drug-likeness (QED) is 0.499. The van der Waals surface area contributed by atoms with Crippen LogP contribution in [0.5, 0.6) is 23.0 Å². The SMILES string of the molecule is CN(C)c1ccc(-c2c(O)[c+](-c3ccc(N(C)C)cc3O)[c+]2O)c(O)c1.[OH-].[OH-]. The fourth-order valence-corrected chi connectivity index (χ4v) is 2.94. The molecule has 0 aliphatic carbocycles. The van der Waals surface area contributed by atoms with Crippen LogP contribution in [-0.4, -0.2) is 59.6 Å². The maximum Gasteiger partial charge on any atom is 0.290 e. The number of nitrogens with zero attached hydrogens (tertiary/aromatic N) is 2. The molecule has 0 bridgehead atoms. The molecule has 0 aliphatic rings. The molecule has 0 atom stereocenters. The molecule has 3 rings (SSSR count). The van der Waals surface area contributed by atoms with Gasteiger partial charge >= 0.3 is 0 Å². The summed E-state index contributed by atoms with van der Waals surface area (Å²) in [4.78, 5) is 3.67. The number of aromatic hydroxyl groups is 4. The van der Waals surface area contributed by atoms with E-state index in [1.165, 1.54) is 0 Å². The standard InChI is InChI=1S/C20H20N2O4.2H2O/c1-21(2)11-5-7-13(15(23)9-11)17-19(25)18(20(17)26)14-8-6-12(22(3)4)10-16(14)24;;/h5-10,25H,1-4H3,(H-2,23,24,26);2*1H2. The maximum absolute atomic E-state index is 10.5. The van der Waals surface area contributed by atoms with Gasteiger partial charge in [0.2, 0.25) is 11.3 Å². The zero-order chi connectivity index (χ0) is 19.2. The van der Waals surface area contributed by atoms with Crippen LogP contribution in [0.3, 0.4) is 0 Å². The highest BCUT2D eigenvalue weighted by Gasteiger charge is 2.43. The van der Waals surface area contributed by atoms with Crippen LogP contribution in [0, 0.1) is 0 Å². The van der Waals surface area contributed by atoms with Crippen LogP contribution >= 0.6 is 0 Å². The molecule has 0 amide bonds. The van der Waals surface area contributed by atoms with E-state index in [9.17, 15) is 20.4 Å². The van der Waals surface area contributed by atoms with Crippen molar-refractivity contribution in [2.75, 3.05) is 38.0 Å². The van der Waals surface area contributed by atoms with Gasteiger partial charge in [-0.15, -0.1) is 0 Å². The summed E-state index contributed by atoms with van der Waals surface area (Å²) < 4.78 is 0. The van der Waals surface area contributed by atoms with Gasteiger partial charge in [0.1, 0.15) is 5.56 Å². The number of phenolic OH excluding ortho intramolecular Hbond substituents is 2. The van der Waals surface area contributed by atoms with E-state index in [-0.39, 0.29) is 45.1 Å². The molecule has 6 N–H and O–H groups in total. The van der Waals surface area contributed by atoms with Gasteiger partial charge in [-0.25, -0.2) is 0 Å². The summed E-state index contributed by atoms with van der Waals surface area (Å²) in [5.41, 5.74) is 2.59. The Bertz CT molecular complexity index is 865. The molecule has 0 spiro atoms. The molecule has 0 saturated heterocycles. The molecule has 150 valence electrons.